The van der Waals surface area contributed by atoms with E-state index >= 15 is 0 Å². The summed E-state index contributed by atoms with van der Waals surface area (Å²) in [5.41, 5.74) is 6.00. The maximum atomic E-state index is 11.4. The molecule has 0 radical (unpaired) electrons. The van der Waals surface area contributed by atoms with Crippen molar-refractivity contribution in [3.63, 3.8) is 0 Å². The third-order valence-electron chi connectivity index (χ3n) is 2.28. The van der Waals surface area contributed by atoms with Gasteiger partial charge in [0.1, 0.15) is 0 Å². The van der Waals surface area contributed by atoms with Crippen molar-refractivity contribution in [1.82, 2.24) is 5.32 Å². The van der Waals surface area contributed by atoms with Gasteiger partial charge in [0, 0.05) is 12.8 Å². The highest BCUT2D eigenvalue weighted by atomic mass is 16.2. The first-order valence-corrected chi connectivity index (χ1v) is 5.22. The summed E-state index contributed by atoms with van der Waals surface area (Å²) in [6.07, 6.45) is 0.236. The van der Waals surface area contributed by atoms with Crippen LogP contribution in [0.15, 0.2) is 30.3 Å². The van der Waals surface area contributed by atoms with Crippen LogP contribution in [0.5, 0.6) is 0 Å². The van der Waals surface area contributed by atoms with Crippen LogP contribution in [0.3, 0.4) is 0 Å². The highest BCUT2D eigenvalue weighted by molar-refractivity contribution is 5.82. The predicted molar refractivity (Wildman–Crippen MR) is 61.4 cm³/mol. The molecule has 4 heteroatoms. The lowest BCUT2D eigenvalue weighted by Crippen LogP contribution is -2.27. The second kappa shape index (κ2) is 5.90. The van der Waals surface area contributed by atoms with Crippen molar-refractivity contribution in [3.8, 4) is 0 Å². The van der Waals surface area contributed by atoms with Crippen molar-refractivity contribution in [1.29, 1.82) is 0 Å². The minimum atomic E-state index is -0.456. The van der Waals surface area contributed by atoms with E-state index in [1.807, 2.05) is 37.3 Å². The van der Waals surface area contributed by atoms with Crippen molar-refractivity contribution < 1.29 is 9.59 Å². The van der Waals surface area contributed by atoms with Crippen LogP contribution in [0.1, 0.15) is 31.4 Å². The van der Waals surface area contributed by atoms with Gasteiger partial charge in [-0.15, -0.1) is 0 Å². The molecule has 16 heavy (non-hydrogen) atoms. The maximum Gasteiger partial charge on any atom is 0.220 e. The lowest BCUT2D eigenvalue weighted by molar-refractivity contribution is -0.125. The number of amides is 2. The summed E-state index contributed by atoms with van der Waals surface area (Å²) in [5.74, 6) is -0.613. The molecule has 1 rings (SSSR count). The van der Waals surface area contributed by atoms with Crippen LogP contribution in [0.2, 0.25) is 0 Å². The van der Waals surface area contributed by atoms with Gasteiger partial charge in [-0.3, -0.25) is 9.59 Å². The van der Waals surface area contributed by atoms with Crippen LogP contribution in [0, 0.1) is 0 Å². The van der Waals surface area contributed by atoms with Gasteiger partial charge >= 0.3 is 0 Å². The van der Waals surface area contributed by atoms with E-state index in [-0.39, 0.29) is 24.8 Å². The van der Waals surface area contributed by atoms with E-state index in [0.29, 0.717) is 0 Å². The van der Waals surface area contributed by atoms with Crippen LogP contribution < -0.4 is 11.1 Å². The molecular formula is C12H16N2O2. The van der Waals surface area contributed by atoms with E-state index in [0.717, 1.165) is 5.56 Å². The molecule has 0 fully saturated rings. The molecule has 0 saturated carbocycles. The molecule has 2 amide bonds. The van der Waals surface area contributed by atoms with E-state index in [9.17, 15) is 9.59 Å². The van der Waals surface area contributed by atoms with E-state index in [2.05, 4.69) is 5.32 Å². The van der Waals surface area contributed by atoms with Gasteiger partial charge in [0.15, 0.2) is 0 Å². The lowest BCUT2D eigenvalue weighted by Gasteiger charge is -2.13. The molecule has 3 N–H and O–H groups in total. The molecule has 0 bridgehead atoms. The lowest BCUT2D eigenvalue weighted by atomic mass is 10.1. The maximum absolute atomic E-state index is 11.4. The van der Waals surface area contributed by atoms with Crippen LogP contribution in [-0.2, 0) is 9.59 Å². The fourth-order valence-corrected chi connectivity index (χ4v) is 1.38. The third kappa shape index (κ3) is 4.13. The average molecular weight is 220 g/mol. The molecule has 0 saturated heterocycles. The Hall–Kier alpha value is -1.84. The first-order valence-electron chi connectivity index (χ1n) is 5.22. The quantitative estimate of drug-likeness (QED) is 0.780. The smallest absolute Gasteiger partial charge is 0.220 e. The molecule has 0 aliphatic carbocycles. The molecule has 0 heterocycles. The Labute approximate surface area is 94.8 Å². The minimum Gasteiger partial charge on any atom is -0.370 e. The van der Waals surface area contributed by atoms with E-state index < -0.39 is 5.91 Å². The molecule has 0 unspecified atom stereocenters. The Morgan fingerprint density at radius 1 is 1.25 bits per heavy atom. The third-order valence-corrected chi connectivity index (χ3v) is 2.28. The number of hydrogen-bond acceptors (Lipinski definition) is 2. The summed E-state index contributed by atoms with van der Waals surface area (Å²) in [6, 6.07) is 9.59. The SMILES string of the molecule is C[C@@H](NC(=O)CCC(N)=O)c1ccccc1. The molecule has 0 spiro atoms. The Balaban J connectivity index is 2.43. The molecule has 0 aliphatic heterocycles. The fraction of sp³-hybridized carbons (Fsp3) is 0.333. The minimum absolute atomic E-state index is 0.0541. The van der Waals surface area contributed by atoms with Crippen molar-refractivity contribution in [2.45, 2.75) is 25.8 Å². The van der Waals surface area contributed by atoms with Gasteiger partial charge in [0.05, 0.1) is 6.04 Å². The number of nitrogens with one attached hydrogen (secondary N) is 1. The summed E-state index contributed by atoms with van der Waals surface area (Å²) in [6.45, 7) is 1.90. The van der Waals surface area contributed by atoms with Crippen molar-refractivity contribution >= 4 is 11.8 Å². The first-order chi connectivity index (χ1) is 7.59. The second-order valence-corrected chi connectivity index (χ2v) is 3.67. The number of carbonyl (C=O) groups is 2. The normalized spacial score (nSPS) is 11.8. The van der Waals surface area contributed by atoms with Crippen molar-refractivity contribution in [2.75, 3.05) is 0 Å². The van der Waals surface area contributed by atoms with Crippen molar-refractivity contribution in [2.24, 2.45) is 5.73 Å². The zero-order valence-electron chi connectivity index (χ0n) is 9.27. The topological polar surface area (TPSA) is 72.2 Å². The molecule has 0 aliphatic rings. The number of rotatable bonds is 5. The van der Waals surface area contributed by atoms with E-state index in [1.54, 1.807) is 0 Å². The number of nitrogens with two attached hydrogens (primary N) is 1. The van der Waals surface area contributed by atoms with Gasteiger partial charge in [-0.2, -0.15) is 0 Å². The fourth-order valence-electron chi connectivity index (χ4n) is 1.38. The van der Waals surface area contributed by atoms with Crippen LogP contribution in [0.25, 0.3) is 0 Å². The molecule has 0 aromatic heterocycles. The number of benzene rings is 1. The summed E-state index contributed by atoms with van der Waals surface area (Å²) < 4.78 is 0. The van der Waals surface area contributed by atoms with Crippen molar-refractivity contribution in [3.05, 3.63) is 35.9 Å². The molecule has 86 valence electrons. The van der Waals surface area contributed by atoms with E-state index in [1.165, 1.54) is 0 Å². The van der Waals surface area contributed by atoms with Crippen LogP contribution in [0.4, 0.5) is 0 Å². The monoisotopic (exact) mass is 220 g/mol. The zero-order chi connectivity index (χ0) is 12.0. The predicted octanol–water partition coefficient (Wildman–Crippen LogP) is 1.13. The average Bonchev–Trinajstić information content (AvgIpc) is 2.27. The number of hydrogen-bond donors (Lipinski definition) is 2. The summed E-state index contributed by atoms with van der Waals surface area (Å²) in [4.78, 5) is 21.9. The van der Waals surface area contributed by atoms with E-state index in [4.69, 9.17) is 5.73 Å². The van der Waals surface area contributed by atoms with Gasteiger partial charge < -0.3 is 11.1 Å². The molecule has 1 aromatic carbocycles. The van der Waals surface area contributed by atoms with Gasteiger partial charge in [-0.25, -0.2) is 0 Å². The highest BCUT2D eigenvalue weighted by Gasteiger charge is 2.09. The molecule has 1 atom stereocenters. The van der Waals surface area contributed by atoms with Crippen LogP contribution in [-0.4, -0.2) is 11.8 Å². The van der Waals surface area contributed by atoms with Gasteiger partial charge in [0.2, 0.25) is 11.8 Å². The second-order valence-electron chi connectivity index (χ2n) is 3.67. The molecular weight excluding hydrogens is 204 g/mol. The largest absolute Gasteiger partial charge is 0.370 e. The Kier molecular flexibility index (Phi) is 4.51. The first kappa shape index (κ1) is 12.2. The number of primary amides is 1. The number of carbonyl (C=O) groups excluding carboxylic acids is 2. The van der Waals surface area contributed by atoms with Crippen LogP contribution >= 0.6 is 0 Å². The Morgan fingerprint density at radius 3 is 2.44 bits per heavy atom. The highest BCUT2D eigenvalue weighted by Crippen LogP contribution is 2.11. The molecule has 4 nitrogen and oxygen atoms in total. The molecule has 1 aromatic rings. The zero-order valence-corrected chi connectivity index (χ0v) is 9.27. The van der Waals surface area contributed by atoms with Gasteiger partial charge in [-0.05, 0) is 12.5 Å². The Bertz CT molecular complexity index is 363. The van der Waals surface area contributed by atoms with Gasteiger partial charge in [-0.1, -0.05) is 30.3 Å². The summed E-state index contributed by atoms with van der Waals surface area (Å²) in [5, 5.41) is 2.80. The Morgan fingerprint density at radius 2 is 1.88 bits per heavy atom. The van der Waals surface area contributed by atoms with Gasteiger partial charge in [0.25, 0.3) is 0 Å². The standard InChI is InChI=1S/C12H16N2O2/c1-9(10-5-3-2-4-6-10)14-12(16)8-7-11(13)15/h2-6,9H,7-8H2,1H3,(H2,13,15)(H,14,16)/t9-/m1/s1. The summed E-state index contributed by atoms with van der Waals surface area (Å²) >= 11 is 0. The summed E-state index contributed by atoms with van der Waals surface area (Å²) in [7, 11) is 0.